The largest absolute Gasteiger partial charge is 0.324 e. The summed E-state index contributed by atoms with van der Waals surface area (Å²) in [6.07, 6.45) is 1.76. The highest BCUT2D eigenvalue weighted by molar-refractivity contribution is 7.89. The highest BCUT2D eigenvalue weighted by atomic mass is 32.2. The predicted octanol–water partition coefficient (Wildman–Crippen LogP) is 4.38. The lowest BCUT2D eigenvalue weighted by molar-refractivity contribution is -0.117. The first-order chi connectivity index (χ1) is 15.8. The summed E-state index contributed by atoms with van der Waals surface area (Å²) in [5.41, 5.74) is 3.71. The molecule has 0 fully saturated rings. The molecule has 0 radical (unpaired) electrons. The third-order valence-electron chi connectivity index (χ3n) is 5.51. The van der Waals surface area contributed by atoms with E-state index in [1.54, 1.807) is 30.5 Å². The van der Waals surface area contributed by atoms with Crippen molar-refractivity contribution in [3.05, 3.63) is 102 Å². The van der Waals surface area contributed by atoms with Crippen LogP contribution in [-0.2, 0) is 21.2 Å². The van der Waals surface area contributed by atoms with E-state index in [4.69, 9.17) is 0 Å². The molecule has 0 spiro atoms. The first kappa shape index (κ1) is 22.6. The molecule has 1 atom stereocenters. The molecule has 0 aliphatic rings. The summed E-state index contributed by atoms with van der Waals surface area (Å²) >= 11 is 0. The normalized spacial score (nSPS) is 12.4. The number of aryl methyl sites for hydroxylation is 2. The number of hydrogen-bond acceptors (Lipinski definition) is 4. The summed E-state index contributed by atoms with van der Waals surface area (Å²) in [6, 6.07) is 22.6. The number of fused-ring (bicyclic) bond motifs is 1. The van der Waals surface area contributed by atoms with Gasteiger partial charge in [0.25, 0.3) is 0 Å². The van der Waals surface area contributed by atoms with E-state index in [1.165, 1.54) is 6.07 Å². The van der Waals surface area contributed by atoms with E-state index >= 15 is 0 Å². The van der Waals surface area contributed by atoms with Crippen LogP contribution in [0.5, 0.6) is 0 Å². The minimum Gasteiger partial charge on any atom is -0.324 e. The number of hydrogen-bond donors (Lipinski definition) is 2. The van der Waals surface area contributed by atoms with E-state index < -0.39 is 22.0 Å². The van der Waals surface area contributed by atoms with E-state index in [0.29, 0.717) is 16.6 Å². The summed E-state index contributed by atoms with van der Waals surface area (Å²) in [4.78, 5) is 17.6. The van der Waals surface area contributed by atoms with Crippen molar-refractivity contribution in [2.45, 2.75) is 31.2 Å². The Bertz CT molecular complexity index is 1380. The molecule has 33 heavy (non-hydrogen) atoms. The molecule has 0 aliphatic carbocycles. The lowest BCUT2D eigenvalue weighted by atomic mass is 10.0. The Kier molecular flexibility index (Phi) is 6.53. The third kappa shape index (κ3) is 5.10. The zero-order valence-electron chi connectivity index (χ0n) is 18.4. The van der Waals surface area contributed by atoms with Crippen LogP contribution in [0.25, 0.3) is 10.9 Å². The minimum absolute atomic E-state index is 0.0403. The van der Waals surface area contributed by atoms with Gasteiger partial charge in [0.05, 0.1) is 5.52 Å². The van der Waals surface area contributed by atoms with Crippen LogP contribution >= 0.6 is 0 Å². The van der Waals surface area contributed by atoms with Crippen LogP contribution in [0.3, 0.4) is 0 Å². The van der Waals surface area contributed by atoms with Crippen LogP contribution < -0.4 is 10.0 Å². The standard InChI is InChI=1S/C26H25N3O3S/c1-18-9-6-10-19(2)24(18)28-26(30)22(17-20-11-4-3-5-12-20)29-33(31,32)23-15-7-13-21-14-8-16-27-25(21)23/h3-16,22,29H,17H2,1-2H3,(H,28,30). The second kappa shape index (κ2) is 9.52. The third-order valence-corrected chi connectivity index (χ3v) is 7.01. The number of pyridine rings is 1. The molecule has 168 valence electrons. The van der Waals surface area contributed by atoms with Crippen LogP contribution in [0.15, 0.2) is 90.0 Å². The van der Waals surface area contributed by atoms with Gasteiger partial charge in [-0.3, -0.25) is 9.78 Å². The van der Waals surface area contributed by atoms with Crippen LogP contribution in [-0.4, -0.2) is 25.4 Å². The van der Waals surface area contributed by atoms with E-state index in [1.807, 2.05) is 62.4 Å². The van der Waals surface area contributed by atoms with Crippen molar-refractivity contribution in [2.75, 3.05) is 5.32 Å². The number of nitrogens with zero attached hydrogens (tertiary/aromatic N) is 1. The highest BCUT2D eigenvalue weighted by Crippen LogP contribution is 2.23. The van der Waals surface area contributed by atoms with Crippen molar-refractivity contribution < 1.29 is 13.2 Å². The number of aromatic nitrogens is 1. The molecule has 7 heteroatoms. The maximum Gasteiger partial charge on any atom is 0.243 e. The van der Waals surface area contributed by atoms with Crippen LogP contribution in [0.2, 0.25) is 0 Å². The summed E-state index contributed by atoms with van der Waals surface area (Å²) < 4.78 is 29.4. The van der Waals surface area contributed by atoms with Gasteiger partial charge >= 0.3 is 0 Å². The van der Waals surface area contributed by atoms with Gasteiger partial charge in [-0.05, 0) is 49.1 Å². The monoisotopic (exact) mass is 459 g/mol. The Balaban J connectivity index is 1.69. The van der Waals surface area contributed by atoms with Gasteiger partial charge < -0.3 is 5.32 Å². The maximum atomic E-state index is 13.4. The molecular formula is C26H25N3O3S. The molecule has 4 rings (SSSR count). The van der Waals surface area contributed by atoms with Crippen LogP contribution in [0, 0.1) is 13.8 Å². The van der Waals surface area contributed by atoms with Crippen molar-refractivity contribution >= 4 is 32.5 Å². The van der Waals surface area contributed by atoms with Crippen molar-refractivity contribution in [3.63, 3.8) is 0 Å². The molecule has 0 saturated carbocycles. The molecule has 1 amide bonds. The molecule has 0 saturated heterocycles. The molecule has 2 N–H and O–H groups in total. The molecule has 0 bridgehead atoms. The Morgan fingerprint density at radius 1 is 0.879 bits per heavy atom. The van der Waals surface area contributed by atoms with E-state index in [-0.39, 0.29) is 11.3 Å². The number of sulfonamides is 1. The van der Waals surface area contributed by atoms with Gasteiger partial charge in [-0.2, -0.15) is 4.72 Å². The van der Waals surface area contributed by atoms with Crippen molar-refractivity contribution in [2.24, 2.45) is 0 Å². The summed E-state index contributed by atoms with van der Waals surface area (Å²) in [7, 11) is -4.04. The lowest BCUT2D eigenvalue weighted by Crippen LogP contribution is -2.45. The van der Waals surface area contributed by atoms with Crippen LogP contribution in [0.1, 0.15) is 16.7 Å². The number of rotatable bonds is 7. The van der Waals surface area contributed by atoms with Gasteiger partial charge in [-0.1, -0.05) is 66.7 Å². The Morgan fingerprint density at radius 3 is 2.27 bits per heavy atom. The average Bonchev–Trinajstić information content (AvgIpc) is 2.81. The Hall–Kier alpha value is -3.55. The summed E-state index contributed by atoms with van der Waals surface area (Å²) in [5, 5.41) is 3.64. The fourth-order valence-electron chi connectivity index (χ4n) is 3.80. The second-order valence-electron chi connectivity index (χ2n) is 7.95. The molecule has 1 unspecified atom stereocenters. The molecule has 4 aromatic rings. The van der Waals surface area contributed by atoms with Crippen molar-refractivity contribution in [1.29, 1.82) is 0 Å². The van der Waals surface area contributed by atoms with Crippen LogP contribution in [0.4, 0.5) is 5.69 Å². The number of amides is 1. The first-order valence-electron chi connectivity index (χ1n) is 10.6. The summed E-state index contributed by atoms with van der Waals surface area (Å²) in [6.45, 7) is 3.81. The quantitative estimate of drug-likeness (QED) is 0.429. The number of carbonyl (C=O) groups excluding carboxylic acids is 1. The molecule has 1 heterocycles. The average molecular weight is 460 g/mol. The van der Waals surface area contributed by atoms with E-state index in [2.05, 4.69) is 15.0 Å². The molecular weight excluding hydrogens is 434 g/mol. The van der Waals surface area contributed by atoms with E-state index in [0.717, 1.165) is 16.7 Å². The predicted molar refractivity (Wildman–Crippen MR) is 131 cm³/mol. The Morgan fingerprint density at radius 2 is 1.55 bits per heavy atom. The molecule has 3 aromatic carbocycles. The number of benzene rings is 3. The number of para-hydroxylation sites is 2. The lowest BCUT2D eigenvalue weighted by Gasteiger charge is -2.20. The maximum absolute atomic E-state index is 13.4. The molecule has 6 nitrogen and oxygen atoms in total. The smallest absolute Gasteiger partial charge is 0.243 e. The second-order valence-corrected chi connectivity index (χ2v) is 9.63. The van der Waals surface area contributed by atoms with E-state index in [9.17, 15) is 13.2 Å². The van der Waals surface area contributed by atoms with Gasteiger partial charge in [0.2, 0.25) is 15.9 Å². The van der Waals surface area contributed by atoms with Gasteiger partial charge in [-0.25, -0.2) is 8.42 Å². The fraction of sp³-hybridized carbons (Fsp3) is 0.154. The zero-order valence-corrected chi connectivity index (χ0v) is 19.3. The topological polar surface area (TPSA) is 88.2 Å². The van der Waals surface area contributed by atoms with Gasteiger partial charge in [0.1, 0.15) is 10.9 Å². The molecule has 0 aliphatic heterocycles. The SMILES string of the molecule is Cc1cccc(C)c1NC(=O)C(Cc1ccccc1)NS(=O)(=O)c1cccc2cccnc12. The number of carbonyl (C=O) groups is 1. The zero-order chi connectivity index (χ0) is 23.4. The minimum atomic E-state index is -4.04. The number of nitrogens with one attached hydrogen (secondary N) is 2. The number of anilines is 1. The van der Waals surface area contributed by atoms with Crippen molar-refractivity contribution in [3.8, 4) is 0 Å². The van der Waals surface area contributed by atoms with Gasteiger partial charge in [0.15, 0.2) is 0 Å². The van der Waals surface area contributed by atoms with Gasteiger partial charge in [-0.15, -0.1) is 0 Å². The van der Waals surface area contributed by atoms with Crippen molar-refractivity contribution in [1.82, 2.24) is 9.71 Å². The highest BCUT2D eigenvalue weighted by Gasteiger charge is 2.28. The first-order valence-corrected chi connectivity index (χ1v) is 12.1. The molecule has 1 aromatic heterocycles. The fourth-order valence-corrected chi connectivity index (χ4v) is 5.18. The Labute approximate surface area is 193 Å². The summed E-state index contributed by atoms with van der Waals surface area (Å²) in [5.74, 6) is -0.423. The van der Waals surface area contributed by atoms with Gasteiger partial charge in [0, 0.05) is 17.3 Å².